The van der Waals surface area contributed by atoms with Crippen molar-refractivity contribution in [3.8, 4) is 78.0 Å². The van der Waals surface area contributed by atoms with E-state index in [0.717, 1.165) is 27.5 Å². The summed E-state index contributed by atoms with van der Waals surface area (Å²) in [6, 6.07) is 90.6. The van der Waals surface area contributed by atoms with Crippen LogP contribution in [0.2, 0.25) is 0 Å². The Morgan fingerprint density at radius 3 is 1.00 bits per heavy atom. The third-order valence-corrected chi connectivity index (χ3v) is 12.8. The number of nitrogens with zero attached hydrogens (tertiary/aromatic N) is 1. The maximum atomic E-state index is 5.42. The summed E-state index contributed by atoms with van der Waals surface area (Å²) in [6.45, 7) is 0. The molecule has 0 bridgehead atoms. The number of fused-ring (bicyclic) bond motifs is 5. The van der Waals surface area contributed by atoms with Crippen LogP contribution < -0.4 is 0 Å². The fourth-order valence-electron chi connectivity index (χ4n) is 9.80. The molecule has 12 rings (SSSR count). The monoisotopic (exact) mass is 811 g/mol. The molecule has 1 nitrogen and oxygen atoms in total. The molecule has 0 aliphatic rings. The van der Waals surface area contributed by atoms with Gasteiger partial charge in [0.15, 0.2) is 0 Å². The fraction of sp³-hybridized carbons (Fsp3) is 0. The Labute approximate surface area is 373 Å². The summed E-state index contributed by atoms with van der Waals surface area (Å²) in [5.74, 6) is 0. The first-order valence-electron chi connectivity index (χ1n) is 22.0. The Kier molecular flexibility index (Phi) is 9.24. The molecule has 64 heavy (non-hydrogen) atoms. The maximum Gasteiger partial charge on any atom is 0.0788 e. The highest BCUT2D eigenvalue weighted by Gasteiger charge is 2.21. The zero-order valence-corrected chi connectivity index (χ0v) is 35.1. The molecule has 0 aliphatic heterocycles. The van der Waals surface area contributed by atoms with Crippen molar-refractivity contribution in [3.05, 3.63) is 249 Å². The van der Waals surface area contributed by atoms with E-state index in [1.807, 2.05) is 0 Å². The molecule has 0 atom stereocenters. The molecule has 0 saturated carbocycles. The van der Waals surface area contributed by atoms with Gasteiger partial charge >= 0.3 is 0 Å². The highest BCUT2D eigenvalue weighted by atomic mass is 14.7. The predicted octanol–water partition coefficient (Wildman–Crippen LogP) is 17.4. The lowest BCUT2D eigenvalue weighted by molar-refractivity contribution is 1.43. The molecule has 0 N–H and O–H groups in total. The van der Waals surface area contributed by atoms with E-state index in [1.165, 1.54) is 93.7 Å². The van der Waals surface area contributed by atoms with Crippen LogP contribution >= 0.6 is 0 Å². The van der Waals surface area contributed by atoms with Gasteiger partial charge in [-0.15, -0.1) is 0 Å². The number of para-hydroxylation sites is 1. The first-order chi connectivity index (χ1) is 31.7. The van der Waals surface area contributed by atoms with Gasteiger partial charge in [-0.05, 0) is 142 Å². The first kappa shape index (κ1) is 37.4. The second-order valence-corrected chi connectivity index (χ2v) is 16.6. The first-order valence-corrected chi connectivity index (χ1v) is 22.0. The number of hydrogen-bond acceptors (Lipinski definition) is 1. The number of aromatic nitrogens is 1. The van der Waals surface area contributed by atoms with Crippen molar-refractivity contribution in [3.63, 3.8) is 0 Å². The van der Waals surface area contributed by atoms with E-state index in [1.54, 1.807) is 0 Å². The molecule has 0 radical (unpaired) electrons. The van der Waals surface area contributed by atoms with Gasteiger partial charge in [0, 0.05) is 16.3 Å². The minimum atomic E-state index is 0.984. The molecule has 0 amide bonds. The minimum absolute atomic E-state index is 0.984. The smallest absolute Gasteiger partial charge is 0.0788 e. The quantitative estimate of drug-likeness (QED) is 0.115. The van der Waals surface area contributed by atoms with E-state index in [4.69, 9.17) is 4.98 Å². The van der Waals surface area contributed by atoms with E-state index < -0.39 is 0 Å². The SMILES string of the molecule is c1ccc(-c2cc(-c3ccccc3)cc(-c3c4ccccc4c(-c4cc(-c5ccccc5)cc(-c5ccccc5)c4)c4cc(-c5nc6ccccc6c6ccccc56)ccc34)c2)cc1. The predicted molar refractivity (Wildman–Crippen MR) is 272 cm³/mol. The van der Waals surface area contributed by atoms with Gasteiger partial charge < -0.3 is 0 Å². The van der Waals surface area contributed by atoms with Crippen LogP contribution in [0.4, 0.5) is 0 Å². The molecular weight excluding hydrogens is 771 g/mol. The molecule has 12 aromatic rings. The fourth-order valence-corrected chi connectivity index (χ4v) is 9.80. The van der Waals surface area contributed by atoms with Crippen LogP contribution in [-0.2, 0) is 0 Å². The summed E-state index contributed by atoms with van der Waals surface area (Å²) in [4.78, 5) is 5.42. The molecule has 0 spiro atoms. The topological polar surface area (TPSA) is 12.9 Å². The summed E-state index contributed by atoms with van der Waals surface area (Å²) in [7, 11) is 0. The summed E-state index contributed by atoms with van der Waals surface area (Å²) in [6.07, 6.45) is 0. The number of rotatable bonds is 7. The van der Waals surface area contributed by atoms with Crippen LogP contribution in [0.5, 0.6) is 0 Å². The van der Waals surface area contributed by atoms with Gasteiger partial charge in [-0.1, -0.05) is 200 Å². The second-order valence-electron chi connectivity index (χ2n) is 16.6. The molecular formula is C63H41N. The molecule has 1 heteroatoms. The van der Waals surface area contributed by atoms with Crippen molar-refractivity contribution in [1.29, 1.82) is 0 Å². The van der Waals surface area contributed by atoms with Crippen LogP contribution in [0, 0.1) is 0 Å². The Morgan fingerprint density at radius 2 is 0.531 bits per heavy atom. The van der Waals surface area contributed by atoms with Gasteiger partial charge in [0.25, 0.3) is 0 Å². The number of benzene rings is 11. The van der Waals surface area contributed by atoms with Crippen LogP contribution in [0.15, 0.2) is 249 Å². The van der Waals surface area contributed by atoms with Gasteiger partial charge in [0.05, 0.1) is 11.2 Å². The van der Waals surface area contributed by atoms with Crippen molar-refractivity contribution in [1.82, 2.24) is 4.98 Å². The normalized spacial score (nSPS) is 11.4. The third kappa shape index (κ3) is 6.63. The van der Waals surface area contributed by atoms with Gasteiger partial charge in [0.2, 0.25) is 0 Å². The van der Waals surface area contributed by atoms with E-state index >= 15 is 0 Å². The molecule has 1 aromatic heterocycles. The average molecular weight is 812 g/mol. The molecule has 11 aromatic carbocycles. The van der Waals surface area contributed by atoms with Gasteiger partial charge in [-0.25, -0.2) is 4.98 Å². The van der Waals surface area contributed by atoms with Crippen molar-refractivity contribution in [2.45, 2.75) is 0 Å². The molecule has 298 valence electrons. The van der Waals surface area contributed by atoms with E-state index in [0.29, 0.717) is 0 Å². The Bertz CT molecular complexity index is 3570. The average Bonchev–Trinajstić information content (AvgIpc) is 3.38. The zero-order valence-electron chi connectivity index (χ0n) is 35.1. The minimum Gasteiger partial charge on any atom is -0.247 e. The lowest BCUT2D eigenvalue weighted by atomic mass is 9.82. The maximum absolute atomic E-state index is 5.42. The lowest BCUT2D eigenvalue weighted by Crippen LogP contribution is -1.95. The van der Waals surface area contributed by atoms with Gasteiger partial charge in [-0.3, -0.25) is 0 Å². The Morgan fingerprint density at radius 1 is 0.188 bits per heavy atom. The van der Waals surface area contributed by atoms with Crippen LogP contribution in [-0.4, -0.2) is 4.98 Å². The van der Waals surface area contributed by atoms with Gasteiger partial charge in [-0.2, -0.15) is 0 Å². The molecule has 1 heterocycles. The van der Waals surface area contributed by atoms with E-state index in [9.17, 15) is 0 Å². The third-order valence-electron chi connectivity index (χ3n) is 12.8. The van der Waals surface area contributed by atoms with Crippen molar-refractivity contribution in [2.75, 3.05) is 0 Å². The van der Waals surface area contributed by atoms with Crippen LogP contribution in [0.1, 0.15) is 0 Å². The summed E-state index contributed by atoms with van der Waals surface area (Å²) >= 11 is 0. The van der Waals surface area contributed by atoms with E-state index in [2.05, 4.69) is 249 Å². The lowest BCUT2D eigenvalue weighted by Gasteiger charge is -2.21. The van der Waals surface area contributed by atoms with Crippen LogP contribution in [0.25, 0.3) is 121 Å². The number of pyridine rings is 1. The molecule has 0 aliphatic carbocycles. The van der Waals surface area contributed by atoms with Gasteiger partial charge in [0.1, 0.15) is 0 Å². The highest BCUT2D eigenvalue weighted by Crippen LogP contribution is 2.48. The van der Waals surface area contributed by atoms with Crippen molar-refractivity contribution >= 4 is 43.2 Å². The molecule has 0 saturated heterocycles. The summed E-state index contributed by atoms with van der Waals surface area (Å²) in [5, 5.41) is 8.30. The van der Waals surface area contributed by atoms with Crippen molar-refractivity contribution < 1.29 is 0 Å². The highest BCUT2D eigenvalue weighted by molar-refractivity contribution is 6.23. The number of hydrogen-bond donors (Lipinski definition) is 0. The van der Waals surface area contributed by atoms with Crippen molar-refractivity contribution in [2.24, 2.45) is 0 Å². The van der Waals surface area contributed by atoms with E-state index in [-0.39, 0.29) is 0 Å². The largest absolute Gasteiger partial charge is 0.247 e. The Balaban J connectivity index is 1.21. The Hall–Kier alpha value is -8.39. The standard InChI is InChI=1S/C63H41N/c1-5-19-42(20-6-1)47-35-48(43-21-7-2-8-22-43)38-51(37-47)61-55-29-14-15-30-56(55)62(52-39-49(44-23-9-3-10-24-44)36-50(40-52)45-25-11-4-12-26-45)59-41-46(33-34-57(59)61)63-58-31-16-13-27-53(58)54-28-17-18-32-60(54)64-63/h1-41H. The summed E-state index contributed by atoms with van der Waals surface area (Å²) in [5.41, 5.74) is 17.3. The molecule has 0 fully saturated rings. The second kappa shape index (κ2) is 15.8. The summed E-state index contributed by atoms with van der Waals surface area (Å²) < 4.78 is 0. The zero-order chi connectivity index (χ0) is 42.4. The molecule has 0 unspecified atom stereocenters. The van der Waals surface area contributed by atoms with Crippen LogP contribution in [0.3, 0.4) is 0 Å².